The quantitative estimate of drug-likeness (QED) is 0.799. The minimum Gasteiger partial charge on any atom is -0.309 e. The van der Waals surface area contributed by atoms with Crippen LogP contribution >= 0.6 is 12.4 Å². The Bertz CT molecular complexity index is 563. The molecule has 1 heterocycles. The molecule has 0 amide bonds. The Labute approximate surface area is 133 Å². The van der Waals surface area contributed by atoms with E-state index in [9.17, 15) is 8.42 Å². The Morgan fingerprint density at radius 3 is 2.71 bits per heavy atom. The van der Waals surface area contributed by atoms with Crippen molar-refractivity contribution in [3.8, 4) is 0 Å². The largest absolute Gasteiger partial charge is 0.309 e. The zero-order valence-electron chi connectivity index (χ0n) is 12.6. The Morgan fingerprint density at radius 2 is 2.00 bits per heavy atom. The topological polar surface area (TPSA) is 61.4 Å². The van der Waals surface area contributed by atoms with E-state index in [2.05, 4.69) is 22.2 Å². The summed E-state index contributed by atoms with van der Waals surface area (Å²) in [7, 11) is -1.76. The van der Waals surface area contributed by atoms with E-state index in [-0.39, 0.29) is 12.4 Å². The van der Waals surface area contributed by atoms with Gasteiger partial charge in [-0.25, -0.2) is 0 Å². The van der Waals surface area contributed by atoms with E-state index in [1.165, 1.54) is 15.4 Å². The molecule has 7 heteroatoms. The van der Waals surface area contributed by atoms with Crippen LogP contribution in [0.2, 0.25) is 0 Å². The van der Waals surface area contributed by atoms with Crippen molar-refractivity contribution in [2.75, 3.05) is 13.6 Å². The number of rotatable bonds is 7. The number of hydrogen-bond donors (Lipinski definition) is 2. The van der Waals surface area contributed by atoms with E-state index in [1.54, 1.807) is 7.05 Å². The maximum atomic E-state index is 12.0. The predicted molar refractivity (Wildman–Crippen MR) is 87.5 cm³/mol. The van der Waals surface area contributed by atoms with Crippen molar-refractivity contribution in [3.63, 3.8) is 0 Å². The third kappa shape index (κ3) is 4.93. The van der Waals surface area contributed by atoms with Crippen molar-refractivity contribution in [2.24, 2.45) is 0 Å². The first-order valence-electron chi connectivity index (χ1n) is 7.05. The fourth-order valence-corrected chi connectivity index (χ4v) is 3.18. The minimum atomic E-state index is -3.38. The number of nitrogens with one attached hydrogen (secondary N) is 2. The van der Waals surface area contributed by atoms with E-state index >= 15 is 0 Å². The number of hydrogen-bond acceptors (Lipinski definition) is 3. The maximum Gasteiger partial charge on any atom is 0.279 e. The molecule has 5 nitrogen and oxygen atoms in total. The molecule has 0 unspecified atom stereocenters. The first kappa shape index (κ1) is 18.4. The summed E-state index contributed by atoms with van der Waals surface area (Å²) in [5.41, 5.74) is 3.57. The molecule has 0 atom stereocenters. The molecule has 0 spiro atoms. The molecule has 2 N–H and O–H groups in total. The number of fused-ring (bicyclic) bond motifs is 1. The van der Waals surface area contributed by atoms with E-state index < -0.39 is 10.2 Å². The predicted octanol–water partition coefficient (Wildman–Crippen LogP) is 1.78. The molecule has 0 bridgehead atoms. The molecular weight excluding hydrogens is 310 g/mol. The SMILES string of the molecule is CCCCN(C)S(=O)(=O)NCc1ccc2c(c1)CNC2.Cl. The van der Waals surface area contributed by atoms with Gasteiger partial charge in [0.1, 0.15) is 0 Å². The van der Waals surface area contributed by atoms with Gasteiger partial charge in [-0.05, 0) is 23.1 Å². The van der Waals surface area contributed by atoms with Gasteiger partial charge in [-0.15, -0.1) is 12.4 Å². The van der Waals surface area contributed by atoms with Gasteiger partial charge in [0.05, 0.1) is 0 Å². The van der Waals surface area contributed by atoms with Crippen molar-refractivity contribution in [2.45, 2.75) is 39.4 Å². The van der Waals surface area contributed by atoms with Crippen molar-refractivity contribution in [1.82, 2.24) is 14.3 Å². The summed E-state index contributed by atoms with van der Waals surface area (Å²) in [6.45, 7) is 4.71. The minimum absolute atomic E-state index is 0. The smallest absolute Gasteiger partial charge is 0.279 e. The molecule has 1 aromatic rings. The summed E-state index contributed by atoms with van der Waals surface area (Å²) < 4.78 is 28.1. The number of unbranched alkanes of at least 4 members (excludes halogenated alkanes) is 1. The van der Waals surface area contributed by atoms with E-state index in [0.29, 0.717) is 13.1 Å². The maximum absolute atomic E-state index is 12.0. The molecule has 1 aromatic carbocycles. The second-order valence-corrected chi connectivity index (χ2v) is 7.07. The Balaban J connectivity index is 0.00000220. The third-order valence-corrected chi connectivity index (χ3v) is 5.11. The van der Waals surface area contributed by atoms with Gasteiger partial charge in [-0.3, -0.25) is 0 Å². The van der Waals surface area contributed by atoms with Crippen molar-refractivity contribution < 1.29 is 8.42 Å². The molecule has 0 radical (unpaired) electrons. The highest BCUT2D eigenvalue weighted by atomic mass is 35.5. The van der Waals surface area contributed by atoms with Gasteiger partial charge in [0.15, 0.2) is 0 Å². The lowest BCUT2D eigenvalue weighted by Crippen LogP contribution is -2.38. The van der Waals surface area contributed by atoms with Crippen molar-refractivity contribution >= 4 is 22.6 Å². The molecule has 0 saturated carbocycles. The van der Waals surface area contributed by atoms with Crippen LogP contribution in [-0.2, 0) is 29.8 Å². The molecule has 21 heavy (non-hydrogen) atoms. The summed E-state index contributed by atoms with van der Waals surface area (Å²) in [4.78, 5) is 0. The Hall–Kier alpha value is -0.660. The van der Waals surface area contributed by atoms with Gasteiger partial charge in [-0.2, -0.15) is 17.4 Å². The van der Waals surface area contributed by atoms with Crippen molar-refractivity contribution in [3.05, 3.63) is 34.9 Å². The van der Waals surface area contributed by atoms with Gasteiger partial charge in [0.2, 0.25) is 0 Å². The number of benzene rings is 1. The lowest BCUT2D eigenvalue weighted by atomic mass is 10.1. The summed E-state index contributed by atoms with van der Waals surface area (Å²) >= 11 is 0. The molecule has 1 aliphatic heterocycles. The average molecular weight is 334 g/mol. The highest BCUT2D eigenvalue weighted by molar-refractivity contribution is 7.87. The third-order valence-electron chi connectivity index (χ3n) is 3.60. The number of halogens is 1. The highest BCUT2D eigenvalue weighted by Gasteiger charge is 2.17. The molecule has 0 aliphatic carbocycles. The van der Waals surface area contributed by atoms with E-state index in [0.717, 1.165) is 31.5 Å². The second-order valence-electron chi connectivity index (χ2n) is 5.21. The molecule has 0 aromatic heterocycles. The van der Waals surface area contributed by atoms with Crippen LogP contribution in [0.15, 0.2) is 18.2 Å². The monoisotopic (exact) mass is 333 g/mol. The molecule has 0 fully saturated rings. The van der Waals surface area contributed by atoms with Gasteiger partial charge in [0.25, 0.3) is 10.2 Å². The van der Waals surface area contributed by atoms with E-state index in [4.69, 9.17) is 0 Å². The first-order valence-corrected chi connectivity index (χ1v) is 8.49. The first-order chi connectivity index (χ1) is 9.53. The average Bonchev–Trinajstić information content (AvgIpc) is 2.90. The standard InChI is InChI=1S/C14H23N3O2S.ClH/c1-3-4-7-17(2)20(18,19)16-9-12-5-6-13-10-15-11-14(13)8-12;/h5-6,8,15-16H,3-4,7,9-11H2,1-2H3;1H. The second kappa shape index (κ2) is 8.10. The Morgan fingerprint density at radius 1 is 1.29 bits per heavy atom. The number of nitrogens with zero attached hydrogens (tertiary/aromatic N) is 1. The van der Waals surface area contributed by atoms with Crippen LogP contribution in [0.3, 0.4) is 0 Å². The molecule has 0 saturated heterocycles. The van der Waals surface area contributed by atoms with Crippen molar-refractivity contribution in [1.29, 1.82) is 0 Å². The molecule has 120 valence electrons. The normalized spacial score (nSPS) is 14.0. The van der Waals surface area contributed by atoms with Gasteiger partial charge < -0.3 is 5.32 Å². The lowest BCUT2D eigenvalue weighted by Gasteiger charge is -2.17. The molecule has 2 rings (SSSR count). The summed E-state index contributed by atoms with van der Waals surface area (Å²) in [6, 6.07) is 6.13. The summed E-state index contributed by atoms with van der Waals surface area (Å²) in [5.74, 6) is 0. The molecular formula is C14H24ClN3O2S. The van der Waals surface area contributed by atoms with Gasteiger partial charge >= 0.3 is 0 Å². The Kier molecular flexibility index (Phi) is 7.09. The summed E-state index contributed by atoms with van der Waals surface area (Å²) in [5, 5.41) is 3.28. The fourth-order valence-electron chi connectivity index (χ4n) is 2.24. The van der Waals surface area contributed by atoms with Crippen LogP contribution < -0.4 is 10.0 Å². The highest BCUT2D eigenvalue weighted by Crippen LogP contribution is 2.17. The van der Waals surface area contributed by atoms with E-state index in [1.807, 2.05) is 13.0 Å². The van der Waals surface area contributed by atoms with Crippen LogP contribution in [0.1, 0.15) is 36.5 Å². The van der Waals surface area contributed by atoms with Gasteiger partial charge in [0, 0.05) is 33.2 Å². The zero-order chi connectivity index (χ0) is 14.6. The van der Waals surface area contributed by atoms with Crippen LogP contribution in [-0.4, -0.2) is 26.3 Å². The molecule has 1 aliphatic rings. The summed E-state index contributed by atoms with van der Waals surface area (Å²) in [6.07, 6.45) is 1.86. The van der Waals surface area contributed by atoms with Crippen LogP contribution in [0, 0.1) is 0 Å². The zero-order valence-corrected chi connectivity index (χ0v) is 14.2. The lowest BCUT2D eigenvalue weighted by molar-refractivity contribution is 0.448. The van der Waals surface area contributed by atoms with Crippen LogP contribution in [0.4, 0.5) is 0 Å². The van der Waals surface area contributed by atoms with Gasteiger partial charge in [-0.1, -0.05) is 31.5 Å². The van der Waals surface area contributed by atoms with Crippen LogP contribution in [0.25, 0.3) is 0 Å². The fraction of sp³-hybridized carbons (Fsp3) is 0.571. The van der Waals surface area contributed by atoms with Crippen LogP contribution in [0.5, 0.6) is 0 Å².